The largest absolute Gasteiger partial charge is 0.330 e. The molecule has 1 aromatic rings. The van der Waals surface area contributed by atoms with E-state index in [2.05, 4.69) is 5.32 Å². The first-order valence-electron chi connectivity index (χ1n) is 4.75. The van der Waals surface area contributed by atoms with Gasteiger partial charge in [0.25, 0.3) is 0 Å². The van der Waals surface area contributed by atoms with Gasteiger partial charge in [-0.2, -0.15) is 0 Å². The highest BCUT2D eigenvalue weighted by Crippen LogP contribution is 2.12. The van der Waals surface area contributed by atoms with Gasteiger partial charge in [0.2, 0.25) is 6.29 Å². The number of rotatable bonds is 4. The zero-order valence-electron chi connectivity index (χ0n) is 8.56. The lowest BCUT2D eigenvalue weighted by atomic mass is 10.3. The van der Waals surface area contributed by atoms with Gasteiger partial charge >= 0.3 is 6.03 Å². The predicted octanol–water partition coefficient (Wildman–Crippen LogP) is 1.33. The van der Waals surface area contributed by atoms with Gasteiger partial charge < -0.3 is 5.32 Å². The Bertz CT molecular complexity index is 325. The summed E-state index contributed by atoms with van der Waals surface area (Å²) in [7, 11) is 0. The topological polar surface area (TPSA) is 49.4 Å². The molecule has 0 unspecified atom stereocenters. The van der Waals surface area contributed by atoms with E-state index < -0.39 is 0 Å². The molecule has 0 saturated heterocycles. The number of benzene rings is 1. The van der Waals surface area contributed by atoms with Gasteiger partial charge in [0.05, 0.1) is 6.54 Å². The Morgan fingerprint density at radius 2 is 2.07 bits per heavy atom. The van der Waals surface area contributed by atoms with Gasteiger partial charge in [0.1, 0.15) is 0 Å². The first-order chi connectivity index (χ1) is 7.29. The fourth-order valence-corrected chi connectivity index (χ4v) is 1.26. The van der Waals surface area contributed by atoms with Gasteiger partial charge in [0.15, 0.2) is 0 Å². The highest BCUT2D eigenvalue weighted by molar-refractivity contribution is 5.92. The minimum atomic E-state index is -0.285. The van der Waals surface area contributed by atoms with E-state index in [1.54, 1.807) is 11.2 Å². The molecule has 0 fully saturated rings. The van der Waals surface area contributed by atoms with Crippen molar-refractivity contribution in [2.24, 2.45) is 0 Å². The smallest absolute Gasteiger partial charge is 0.322 e. The minimum absolute atomic E-state index is 0.0812. The molecular formula is C11H13N2O2. The lowest BCUT2D eigenvalue weighted by Crippen LogP contribution is -2.40. The van der Waals surface area contributed by atoms with Gasteiger partial charge in [-0.15, -0.1) is 0 Å². The molecule has 0 atom stereocenters. The summed E-state index contributed by atoms with van der Waals surface area (Å²) in [4.78, 5) is 23.1. The van der Waals surface area contributed by atoms with Crippen molar-refractivity contribution in [1.82, 2.24) is 5.32 Å². The molecule has 0 heterocycles. The third kappa shape index (κ3) is 3.09. The van der Waals surface area contributed by atoms with Gasteiger partial charge in [-0.1, -0.05) is 18.2 Å². The van der Waals surface area contributed by atoms with E-state index in [-0.39, 0.29) is 12.6 Å². The van der Waals surface area contributed by atoms with Crippen molar-refractivity contribution in [1.29, 1.82) is 0 Å². The number of carbonyl (C=O) groups is 1. The Morgan fingerprint density at radius 1 is 1.40 bits per heavy atom. The SMILES string of the molecule is CCN(C(=O)NC[C]=O)c1ccccc1. The van der Waals surface area contributed by atoms with Crippen LogP contribution in [0.5, 0.6) is 0 Å². The van der Waals surface area contributed by atoms with Crippen molar-refractivity contribution in [2.75, 3.05) is 18.0 Å². The first-order valence-corrected chi connectivity index (χ1v) is 4.75. The highest BCUT2D eigenvalue weighted by atomic mass is 16.2. The molecule has 15 heavy (non-hydrogen) atoms. The molecular weight excluding hydrogens is 192 g/mol. The summed E-state index contributed by atoms with van der Waals surface area (Å²) in [5, 5.41) is 2.45. The van der Waals surface area contributed by atoms with E-state index in [4.69, 9.17) is 0 Å². The third-order valence-electron chi connectivity index (χ3n) is 1.94. The van der Waals surface area contributed by atoms with E-state index in [1.165, 1.54) is 0 Å². The monoisotopic (exact) mass is 205 g/mol. The Balaban J connectivity index is 2.71. The number of nitrogens with one attached hydrogen (secondary N) is 1. The van der Waals surface area contributed by atoms with Gasteiger partial charge in [-0.3, -0.25) is 9.69 Å². The zero-order valence-corrected chi connectivity index (χ0v) is 8.56. The molecule has 1 N–H and O–H groups in total. The number of nitrogens with zero attached hydrogens (tertiary/aromatic N) is 1. The molecule has 4 nitrogen and oxygen atoms in total. The van der Waals surface area contributed by atoms with E-state index in [0.717, 1.165) is 5.69 Å². The van der Waals surface area contributed by atoms with Crippen LogP contribution in [0.3, 0.4) is 0 Å². The van der Waals surface area contributed by atoms with Crippen LogP contribution in [-0.4, -0.2) is 25.4 Å². The first kappa shape index (κ1) is 11.2. The van der Waals surface area contributed by atoms with Crippen LogP contribution in [0.2, 0.25) is 0 Å². The van der Waals surface area contributed by atoms with E-state index >= 15 is 0 Å². The van der Waals surface area contributed by atoms with Crippen LogP contribution in [0, 0.1) is 0 Å². The summed E-state index contributed by atoms with van der Waals surface area (Å²) >= 11 is 0. The van der Waals surface area contributed by atoms with Crippen LogP contribution < -0.4 is 10.2 Å². The average molecular weight is 205 g/mol. The van der Waals surface area contributed by atoms with Crippen LogP contribution in [-0.2, 0) is 4.79 Å². The molecule has 79 valence electrons. The van der Waals surface area contributed by atoms with Gasteiger partial charge in [-0.25, -0.2) is 4.79 Å². The molecule has 0 saturated carbocycles. The van der Waals surface area contributed by atoms with Crippen LogP contribution in [0.1, 0.15) is 6.92 Å². The normalized spacial score (nSPS) is 9.40. The number of carbonyl (C=O) groups excluding carboxylic acids is 2. The van der Waals surface area contributed by atoms with Gasteiger partial charge in [-0.05, 0) is 19.1 Å². The van der Waals surface area contributed by atoms with E-state index in [1.807, 2.05) is 37.3 Å². The average Bonchev–Trinajstić information content (AvgIpc) is 2.29. The third-order valence-corrected chi connectivity index (χ3v) is 1.94. The van der Waals surface area contributed by atoms with E-state index in [9.17, 15) is 9.59 Å². The Hall–Kier alpha value is -1.84. The molecule has 0 aliphatic carbocycles. The molecule has 0 aliphatic heterocycles. The number of hydrogen-bond acceptors (Lipinski definition) is 2. The van der Waals surface area contributed by atoms with Crippen molar-refractivity contribution in [3.05, 3.63) is 30.3 Å². The maximum absolute atomic E-state index is 11.6. The van der Waals surface area contributed by atoms with E-state index in [0.29, 0.717) is 6.54 Å². The Morgan fingerprint density at radius 3 is 2.60 bits per heavy atom. The number of para-hydroxylation sites is 1. The fourth-order valence-electron chi connectivity index (χ4n) is 1.26. The zero-order chi connectivity index (χ0) is 11.1. The lowest BCUT2D eigenvalue weighted by molar-refractivity contribution is 0.247. The van der Waals surface area contributed by atoms with Crippen molar-refractivity contribution in [3.63, 3.8) is 0 Å². The number of amides is 2. The van der Waals surface area contributed by atoms with Crippen molar-refractivity contribution in [2.45, 2.75) is 6.92 Å². The summed E-state index contributed by atoms with van der Waals surface area (Å²) < 4.78 is 0. The minimum Gasteiger partial charge on any atom is -0.330 e. The Labute approximate surface area is 88.9 Å². The summed E-state index contributed by atoms with van der Waals surface area (Å²) in [6.45, 7) is 2.34. The van der Waals surface area contributed by atoms with Crippen LogP contribution in [0.25, 0.3) is 0 Å². The maximum Gasteiger partial charge on any atom is 0.322 e. The van der Waals surface area contributed by atoms with Crippen molar-refractivity contribution < 1.29 is 9.59 Å². The van der Waals surface area contributed by atoms with Gasteiger partial charge in [0, 0.05) is 12.2 Å². The number of hydrogen-bond donors (Lipinski definition) is 1. The molecule has 4 heteroatoms. The molecule has 2 amide bonds. The van der Waals surface area contributed by atoms with Crippen molar-refractivity contribution >= 4 is 18.0 Å². The molecule has 0 bridgehead atoms. The molecule has 0 aromatic heterocycles. The molecule has 1 rings (SSSR count). The van der Waals surface area contributed by atoms with Crippen LogP contribution in [0.4, 0.5) is 10.5 Å². The molecule has 1 radical (unpaired) electrons. The summed E-state index contributed by atoms with van der Waals surface area (Å²) in [6.07, 6.45) is 1.62. The summed E-state index contributed by atoms with van der Waals surface area (Å²) in [5.41, 5.74) is 0.809. The molecule has 1 aromatic carbocycles. The standard InChI is InChI=1S/C11H13N2O2/c1-2-13(11(15)12-8-9-14)10-6-4-3-5-7-10/h3-7H,2,8H2,1H3,(H,12,15). The second kappa shape index (κ2) is 5.80. The molecule has 0 spiro atoms. The predicted molar refractivity (Wildman–Crippen MR) is 58.6 cm³/mol. The molecule has 0 aliphatic rings. The fraction of sp³-hybridized carbons (Fsp3) is 0.273. The summed E-state index contributed by atoms with van der Waals surface area (Å²) in [6, 6.07) is 9.00. The maximum atomic E-state index is 11.6. The second-order valence-corrected chi connectivity index (χ2v) is 2.88. The van der Waals surface area contributed by atoms with Crippen LogP contribution in [0.15, 0.2) is 30.3 Å². The quantitative estimate of drug-likeness (QED) is 0.806. The highest BCUT2D eigenvalue weighted by Gasteiger charge is 2.11. The summed E-state index contributed by atoms with van der Waals surface area (Å²) in [5.74, 6) is 0. The number of urea groups is 1. The Kier molecular flexibility index (Phi) is 4.34. The van der Waals surface area contributed by atoms with Crippen molar-refractivity contribution in [3.8, 4) is 0 Å². The number of anilines is 1. The lowest BCUT2D eigenvalue weighted by Gasteiger charge is -2.20. The van der Waals surface area contributed by atoms with Crippen LogP contribution >= 0.6 is 0 Å². The second-order valence-electron chi connectivity index (χ2n) is 2.88.